The first-order valence-corrected chi connectivity index (χ1v) is 10.1. The fourth-order valence-corrected chi connectivity index (χ4v) is 3.96. The van der Waals surface area contributed by atoms with Gasteiger partial charge in [-0.15, -0.1) is 5.10 Å². The van der Waals surface area contributed by atoms with Crippen molar-refractivity contribution < 1.29 is 8.81 Å². The van der Waals surface area contributed by atoms with Gasteiger partial charge in [0, 0.05) is 26.2 Å². The van der Waals surface area contributed by atoms with Gasteiger partial charge >= 0.3 is 0 Å². The third kappa shape index (κ3) is 4.48. The van der Waals surface area contributed by atoms with E-state index < -0.39 is 0 Å². The Labute approximate surface area is 170 Å². The van der Waals surface area contributed by atoms with Crippen LogP contribution in [0.2, 0.25) is 0 Å². The summed E-state index contributed by atoms with van der Waals surface area (Å²) < 4.78 is 21.5. The Morgan fingerprint density at radius 3 is 2.55 bits per heavy atom. The van der Waals surface area contributed by atoms with Crippen molar-refractivity contribution >= 4 is 5.69 Å². The highest BCUT2D eigenvalue weighted by molar-refractivity contribution is 5.48. The van der Waals surface area contributed by atoms with Crippen molar-refractivity contribution in [3.05, 3.63) is 60.1 Å². The number of nitrogens with zero attached hydrogens (tertiary/aromatic N) is 6. The molecule has 0 radical (unpaired) electrons. The minimum absolute atomic E-state index is 0.114. The molecule has 0 N–H and O–H groups in total. The maximum Gasteiger partial charge on any atom is 0.168 e. The summed E-state index contributed by atoms with van der Waals surface area (Å²) in [5.74, 6) is 2.01. The topological polar surface area (TPSA) is 63.2 Å². The zero-order valence-electron chi connectivity index (χ0n) is 16.9. The van der Waals surface area contributed by atoms with Crippen LogP contribution >= 0.6 is 0 Å². The molecule has 1 atom stereocenters. The average molecular weight is 398 g/mol. The number of benzene rings is 1. The van der Waals surface area contributed by atoms with Crippen LogP contribution in [0.1, 0.15) is 37.9 Å². The molecule has 0 bridgehead atoms. The van der Waals surface area contributed by atoms with Gasteiger partial charge in [0.1, 0.15) is 18.1 Å². The third-order valence-corrected chi connectivity index (χ3v) is 5.39. The highest BCUT2D eigenvalue weighted by atomic mass is 19.1. The summed E-state index contributed by atoms with van der Waals surface area (Å²) in [5, 5.41) is 12.5. The summed E-state index contributed by atoms with van der Waals surface area (Å²) in [6.45, 7) is 8.15. The van der Waals surface area contributed by atoms with Crippen molar-refractivity contribution in [1.82, 2.24) is 25.1 Å². The predicted molar refractivity (Wildman–Crippen MR) is 108 cm³/mol. The molecule has 7 nitrogen and oxygen atoms in total. The van der Waals surface area contributed by atoms with E-state index in [-0.39, 0.29) is 11.9 Å². The highest BCUT2D eigenvalue weighted by Crippen LogP contribution is 2.29. The Balaban J connectivity index is 1.50. The van der Waals surface area contributed by atoms with Gasteiger partial charge in [0.25, 0.3) is 0 Å². The first kappa shape index (κ1) is 19.6. The molecule has 8 heteroatoms. The van der Waals surface area contributed by atoms with E-state index in [0.717, 1.165) is 44.2 Å². The van der Waals surface area contributed by atoms with Crippen LogP contribution in [0.15, 0.2) is 47.1 Å². The fraction of sp³-hybridized carbons (Fsp3) is 0.476. The van der Waals surface area contributed by atoms with E-state index in [9.17, 15) is 4.39 Å². The van der Waals surface area contributed by atoms with Crippen LogP contribution in [-0.2, 0) is 6.54 Å². The van der Waals surface area contributed by atoms with Crippen LogP contribution in [0.25, 0.3) is 0 Å². The molecule has 0 aliphatic carbocycles. The smallest absolute Gasteiger partial charge is 0.168 e. The zero-order chi connectivity index (χ0) is 20.2. The van der Waals surface area contributed by atoms with Crippen molar-refractivity contribution in [2.24, 2.45) is 5.92 Å². The Morgan fingerprint density at radius 2 is 1.86 bits per heavy atom. The summed E-state index contributed by atoms with van der Waals surface area (Å²) in [6, 6.07) is 10.9. The fourth-order valence-electron chi connectivity index (χ4n) is 3.96. The molecule has 1 fully saturated rings. The minimum atomic E-state index is -0.165. The van der Waals surface area contributed by atoms with Crippen molar-refractivity contribution in [1.29, 1.82) is 0 Å². The lowest BCUT2D eigenvalue weighted by Crippen LogP contribution is -2.48. The van der Waals surface area contributed by atoms with Crippen LogP contribution in [0.5, 0.6) is 0 Å². The van der Waals surface area contributed by atoms with Gasteiger partial charge in [-0.2, -0.15) is 0 Å². The van der Waals surface area contributed by atoms with E-state index in [0.29, 0.717) is 18.2 Å². The molecule has 3 aromatic rings. The molecule has 29 heavy (non-hydrogen) atoms. The number of furan rings is 1. The van der Waals surface area contributed by atoms with Crippen molar-refractivity contribution in [2.45, 2.75) is 32.9 Å². The molecule has 0 spiro atoms. The lowest BCUT2D eigenvalue weighted by Gasteiger charge is -2.40. The van der Waals surface area contributed by atoms with E-state index >= 15 is 0 Å². The molecule has 1 aliphatic heterocycles. The minimum Gasteiger partial charge on any atom is -0.467 e. The normalized spacial score (nSPS) is 16.5. The molecule has 1 saturated heterocycles. The van der Waals surface area contributed by atoms with Gasteiger partial charge in [0.2, 0.25) is 0 Å². The number of anilines is 1. The van der Waals surface area contributed by atoms with E-state index in [2.05, 4.69) is 39.2 Å². The summed E-state index contributed by atoms with van der Waals surface area (Å²) >= 11 is 0. The number of hydrogen-bond donors (Lipinski definition) is 0. The van der Waals surface area contributed by atoms with Crippen LogP contribution in [-0.4, -0.2) is 51.3 Å². The number of aromatic nitrogens is 4. The van der Waals surface area contributed by atoms with Gasteiger partial charge in [-0.05, 0) is 47.0 Å². The Morgan fingerprint density at radius 1 is 1.07 bits per heavy atom. The average Bonchev–Trinajstić information content (AvgIpc) is 3.39. The van der Waals surface area contributed by atoms with E-state index in [1.54, 1.807) is 12.3 Å². The molecular formula is C21H27FN6O. The second kappa shape index (κ2) is 8.73. The monoisotopic (exact) mass is 398 g/mol. The van der Waals surface area contributed by atoms with E-state index in [4.69, 9.17) is 4.42 Å². The van der Waals surface area contributed by atoms with E-state index in [1.165, 1.54) is 6.07 Å². The molecule has 3 heterocycles. The van der Waals surface area contributed by atoms with Gasteiger partial charge in [0.05, 0.1) is 18.0 Å². The SMILES string of the molecule is CC(C)CC(c1nnnn1Cc1ccco1)N1CCN(c2ccccc2F)CC1. The second-order valence-corrected chi connectivity index (χ2v) is 7.89. The van der Waals surface area contributed by atoms with Crippen LogP contribution in [0, 0.1) is 11.7 Å². The van der Waals surface area contributed by atoms with Gasteiger partial charge in [-0.25, -0.2) is 9.07 Å². The molecular weight excluding hydrogens is 371 g/mol. The van der Waals surface area contributed by atoms with Crippen LogP contribution in [0.3, 0.4) is 0 Å². The number of rotatable bonds is 7. The van der Waals surface area contributed by atoms with Gasteiger partial charge in [-0.3, -0.25) is 4.90 Å². The Kier molecular flexibility index (Phi) is 5.89. The van der Waals surface area contributed by atoms with Crippen LogP contribution in [0.4, 0.5) is 10.1 Å². The first-order valence-electron chi connectivity index (χ1n) is 10.1. The largest absolute Gasteiger partial charge is 0.467 e. The molecule has 0 saturated carbocycles. The molecule has 1 unspecified atom stereocenters. The van der Waals surface area contributed by atoms with Crippen molar-refractivity contribution in [2.75, 3.05) is 31.1 Å². The number of tetrazole rings is 1. The van der Waals surface area contributed by atoms with Crippen molar-refractivity contribution in [3.8, 4) is 0 Å². The molecule has 4 rings (SSSR count). The highest BCUT2D eigenvalue weighted by Gasteiger charge is 2.30. The number of halogens is 1. The number of piperazine rings is 1. The predicted octanol–water partition coefficient (Wildman–Crippen LogP) is 3.36. The van der Waals surface area contributed by atoms with Gasteiger partial charge in [0.15, 0.2) is 5.82 Å². The lowest BCUT2D eigenvalue weighted by molar-refractivity contribution is 0.152. The maximum absolute atomic E-state index is 14.2. The van der Waals surface area contributed by atoms with Gasteiger partial charge in [-0.1, -0.05) is 26.0 Å². The molecule has 154 valence electrons. The summed E-state index contributed by atoms with van der Waals surface area (Å²) in [6.07, 6.45) is 2.62. The zero-order valence-corrected chi connectivity index (χ0v) is 16.9. The van der Waals surface area contributed by atoms with Gasteiger partial charge < -0.3 is 9.32 Å². The number of para-hydroxylation sites is 1. The van der Waals surface area contributed by atoms with Crippen LogP contribution < -0.4 is 4.90 Å². The standard InChI is InChI=1S/C21H27FN6O/c1-16(2)14-20(21-23-24-25-28(21)15-17-6-5-13-29-17)27-11-9-26(10-12-27)19-8-4-3-7-18(19)22/h3-8,13,16,20H,9-12,14-15H2,1-2H3. The summed E-state index contributed by atoms with van der Waals surface area (Å²) in [5.41, 5.74) is 0.676. The lowest BCUT2D eigenvalue weighted by atomic mass is 10.0. The molecule has 2 aromatic heterocycles. The molecule has 0 amide bonds. The van der Waals surface area contributed by atoms with E-state index in [1.807, 2.05) is 28.9 Å². The summed E-state index contributed by atoms with van der Waals surface area (Å²) in [4.78, 5) is 4.53. The Bertz CT molecular complexity index is 902. The molecule has 1 aliphatic rings. The quantitative estimate of drug-likeness (QED) is 0.608. The summed E-state index contributed by atoms with van der Waals surface area (Å²) in [7, 11) is 0. The number of hydrogen-bond acceptors (Lipinski definition) is 6. The van der Waals surface area contributed by atoms with Crippen molar-refractivity contribution in [3.63, 3.8) is 0 Å². The molecule has 1 aromatic carbocycles. The first-order chi connectivity index (χ1) is 14.1. The Hall–Kier alpha value is -2.74. The second-order valence-electron chi connectivity index (χ2n) is 7.89. The maximum atomic E-state index is 14.2. The third-order valence-electron chi connectivity index (χ3n) is 5.39.